The molecule has 0 aliphatic carbocycles. The number of benzene rings is 3. The molecule has 1 aromatic heterocycles. The highest BCUT2D eigenvalue weighted by molar-refractivity contribution is 6.44. The van der Waals surface area contributed by atoms with Crippen LogP contribution >= 0.6 is 23.2 Å². The van der Waals surface area contributed by atoms with Gasteiger partial charge in [-0.15, -0.1) is 0 Å². The van der Waals surface area contributed by atoms with Gasteiger partial charge in [-0.1, -0.05) is 77.8 Å². The van der Waals surface area contributed by atoms with E-state index in [0.717, 1.165) is 23.5 Å². The summed E-state index contributed by atoms with van der Waals surface area (Å²) in [5.74, 6) is -0.149. The Balaban J connectivity index is 1.60. The zero-order valence-corrected chi connectivity index (χ0v) is 18.0. The molecular formula is C26H18Cl2N2O. The molecule has 0 fully saturated rings. The summed E-state index contributed by atoms with van der Waals surface area (Å²) in [4.78, 5) is 15.2. The predicted molar refractivity (Wildman–Crippen MR) is 128 cm³/mol. The van der Waals surface area contributed by atoms with Crippen molar-refractivity contribution in [2.24, 2.45) is 0 Å². The van der Waals surface area contributed by atoms with Crippen molar-refractivity contribution >= 4 is 52.1 Å². The van der Waals surface area contributed by atoms with Gasteiger partial charge in [0.15, 0.2) is 0 Å². The van der Waals surface area contributed by atoms with E-state index in [9.17, 15) is 4.79 Å². The fraction of sp³-hybridized carbons (Fsp3) is 0.0385. The first-order chi connectivity index (χ1) is 15.1. The summed E-state index contributed by atoms with van der Waals surface area (Å²) in [6, 6.07) is 27.2. The third-order valence-electron chi connectivity index (χ3n) is 5.38. The van der Waals surface area contributed by atoms with E-state index in [4.69, 9.17) is 23.2 Å². The van der Waals surface area contributed by atoms with Gasteiger partial charge < -0.3 is 4.57 Å². The summed E-state index contributed by atoms with van der Waals surface area (Å²) >= 11 is 12.9. The van der Waals surface area contributed by atoms with Gasteiger partial charge in [0, 0.05) is 24.0 Å². The number of para-hydroxylation sites is 2. The summed E-state index contributed by atoms with van der Waals surface area (Å²) in [6.07, 6.45) is 3.96. The van der Waals surface area contributed by atoms with Gasteiger partial charge in [-0.05, 0) is 42.0 Å². The molecule has 31 heavy (non-hydrogen) atoms. The standard InChI is InChI=1S/C26H18Cl2N2O/c27-22-12-6-13-23(28)25(22)30-24-14-5-4-11-20(24)21(26(30)31)16-19-10-7-15-29(19)17-18-8-2-1-3-9-18/h1-16H,17H2/b21-16-. The second kappa shape index (κ2) is 8.10. The number of hydrogen-bond donors (Lipinski definition) is 0. The van der Waals surface area contributed by atoms with Crippen LogP contribution in [0.2, 0.25) is 10.0 Å². The summed E-state index contributed by atoms with van der Waals surface area (Å²) in [7, 11) is 0. The van der Waals surface area contributed by atoms with Crippen LogP contribution in [0.1, 0.15) is 16.8 Å². The summed E-state index contributed by atoms with van der Waals surface area (Å²) in [5, 5.41) is 0.869. The van der Waals surface area contributed by atoms with E-state index in [1.54, 1.807) is 23.1 Å². The quantitative estimate of drug-likeness (QED) is 0.309. The molecule has 1 amide bonds. The Morgan fingerprint density at radius 1 is 0.774 bits per heavy atom. The minimum absolute atomic E-state index is 0.149. The molecule has 0 spiro atoms. The third kappa shape index (κ3) is 3.56. The van der Waals surface area contributed by atoms with Crippen LogP contribution in [0.15, 0.2) is 91.1 Å². The Labute approximate surface area is 190 Å². The maximum absolute atomic E-state index is 13.6. The molecule has 5 rings (SSSR count). The van der Waals surface area contributed by atoms with Crippen LogP contribution in [0.4, 0.5) is 11.4 Å². The van der Waals surface area contributed by atoms with Gasteiger partial charge in [0.25, 0.3) is 5.91 Å². The minimum Gasteiger partial charge on any atom is -0.344 e. The number of carbonyl (C=O) groups is 1. The Hall–Kier alpha value is -3.27. The molecule has 3 nitrogen and oxygen atoms in total. The zero-order chi connectivity index (χ0) is 21.4. The van der Waals surface area contributed by atoms with Crippen LogP contribution < -0.4 is 4.90 Å². The van der Waals surface area contributed by atoms with Crippen molar-refractivity contribution in [3.05, 3.63) is 118 Å². The number of halogens is 2. The van der Waals surface area contributed by atoms with E-state index in [0.29, 0.717) is 21.3 Å². The van der Waals surface area contributed by atoms with Crippen LogP contribution in [-0.4, -0.2) is 10.5 Å². The first-order valence-electron chi connectivity index (χ1n) is 9.92. The number of fused-ring (bicyclic) bond motifs is 1. The molecule has 0 radical (unpaired) electrons. The largest absolute Gasteiger partial charge is 0.344 e. The first-order valence-corrected chi connectivity index (χ1v) is 10.7. The molecule has 0 unspecified atom stereocenters. The average molecular weight is 445 g/mol. The Bertz CT molecular complexity index is 1290. The lowest BCUT2D eigenvalue weighted by Gasteiger charge is -2.20. The molecule has 152 valence electrons. The van der Waals surface area contributed by atoms with E-state index in [1.165, 1.54) is 5.56 Å². The number of rotatable bonds is 4. The number of amides is 1. The first kappa shape index (κ1) is 19.7. The lowest BCUT2D eigenvalue weighted by Crippen LogP contribution is -2.21. The lowest BCUT2D eigenvalue weighted by molar-refractivity contribution is -0.112. The Morgan fingerprint density at radius 2 is 1.48 bits per heavy atom. The van der Waals surface area contributed by atoms with E-state index in [1.807, 2.05) is 66.9 Å². The molecule has 0 bridgehead atoms. The van der Waals surface area contributed by atoms with Gasteiger partial charge in [-0.2, -0.15) is 0 Å². The highest BCUT2D eigenvalue weighted by Crippen LogP contribution is 2.46. The molecule has 0 saturated carbocycles. The van der Waals surface area contributed by atoms with E-state index >= 15 is 0 Å². The van der Waals surface area contributed by atoms with Gasteiger partial charge in [0.05, 0.1) is 27.0 Å². The summed E-state index contributed by atoms with van der Waals surface area (Å²) in [6.45, 7) is 0.725. The molecular weight excluding hydrogens is 427 g/mol. The molecule has 5 heteroatoms. The normalized spacial score (nSPS) is 14.3. The van der Waals surface area contributed by atoms with Crippen molar-refractivity contribution in [1.82, 2.24) is 4.57 Å². The molecule has 0 N–H and O–H groups in total. The van der Waals surface area contributed by atoms with Crippen molar-refractivity contribution in [1.29, 1.82) is 0 Å². The van der Waals surface area contributed by atoms with E-state index in [-0.39, 0.29) is 5.91 Å². The van der Waals surface area contributed by atoms with Crippen LogP contribution in [-0.2, 0) is 11.3 Å². The maximum atomic E-state index is 13.6. The SMILES string of the molecule is O=C1/C(=C\c2cccn2Cc2ccccc2)c2ccccc2N1c1c(Cl)cccc1Cl. The van der Waals surface area contributed by atoms with Crippen LogP contribution in [0, 0.1) is 0 Å². The van der Waals surface area contributed by atoms with Crippen molar-refractivity contribution in [2.45, 2.75) is 6.54 Å². The van der Waals surface area contributed by atoms with Crippen molar-refractivity contribution < 1.29 is 4.79 Å². The highest BCUT2D eigenvalue weighted by Gasteiger charge is 2.35. The summed E-state index contributed by atoms with van der Waals surface area (Å²) < 4.78 is 2.13. The van der Waals surface area contributed by atoms with Crippen molar-refractivity contribution in [2.75, 3.05) is 4.90 Å². The third-order valence-corrected chi connectivity index (χ3v) is 5.99. The molecule has 4 aromatic rings. The average Bonchev–Trinajstić information content (AvgIpc) is 3.32. The predicted octanol–water partition coefficient (Wildman–Crippen LogP) is 7.06. The minimum atomic E-state index is -0.149. The smallest absolute Gasteiger partial charge is 0.263 e. The van der Waals surface area contributed by atoms with Gasteiger partial charge in [-0.25, -0.2) is 0 Å². The second-order valence-electron chi connectivity index (χ2n) is 7.33. The number of aromatic nitrogens is 1. The van der Waals surface area contributed by atoms with Gasteiger partial charge in [0.2, 0.25) is 0 Å². The van der Waals surface area contributed by atoms with E-state index in [2.05, 4.69) is 16.7 Å². The number of carbonyl (C=O) groups excluding carboxylic acids is 1. The number of anilines is 2. The molecule has 3 aromatic carbocycles. The fourth-order valence-electron chi connectivity index (χ4n) is 3.94. The Morgan fingerprint density at radius 3 is 2.26 bits per heavy atom. The lowest BCUT2D eigenvalue weighted by atomic mass is 10.1. The molecule has 1 aliphatic heterocycles. The van der Waals surface area contributed by atoms with Gasteiger partial charge in [0.1, 0.15) is 0 Å². The zero-order valence-electron chi connectivity index (χ0n) is 16.5. The monoisotopic (exact) mass is 444 g/mol. The van der Waals surface area contributed by atoms with Gasteiger partial charge in [-0.3, -0.25) is 9.69 Å². The topological polar surface area (TPSA) is 25.2 Å². The van der Waals surface area contributed by atoms with Crippen molar-refractivity contribution in [3.8, 4) is 0 Å². The highest BCUT2D eigenvalue weighted by atomic mass is 35.5. The number of nitrogens with zero attached hydrogens (tertiary/aromatic N) is 2. The van der Waals surface area contributed by atoms with Crippen molar-refractivity contribution in [3.63, 3.8) is 0 Å². The van der Waals surface area contributed by atoms with Crippen LogP contribution in [0.5, 0.6) is 0 Å². The summed E-state index contributed by atoms with van der Waals surface area (Å²) in [5.41, 5.74) is 4.90. The number of hydrogen-bond acceptors (Lipinski definition) is 1. The van der Waals surface area contributed by atoms with E-state index < -0.39 is 0 Å². The molecule has 0 saturated heterocycles. The van der Waals surface area contributed by atoms with Crippen LogP contribution in [0.3, 0.4) is 0 Å². The molecule has 1 aliphatic rings. The van der Waals surface area contributed by atoms with Crippen LogP contribution in [0.25, 0.3) is 11.6 Å². The molecule has 0 atom stereocenters. The maximum Gasteiger partial charge on any atom is 0.263 e. The fourth-order valence-corrected chi connectivity index (χ4v) is 4.50. The van der Waals surface area contributed by atoms with Gasteiger partial charge >= 0.3 is 0 Å². The Kier molecular flexibility index (Phi) is 5.14. The molecule has 2 heterocycles. The second-order valence-corrected chi connectivity index (χ2v) is 8.15.